The Morgan fingerprint density at radius 2 is 1.82 bits per heavy atom. The molecule has 0 saturated heterocycles. The SMILES string of the molecule is CC(C)(C)C(=C=CC(=O)O)c1ccc(F)cc1. The third-order valence-electron chi connectivity index (χ3n) is 2.22. The fourth-order valence-electron chi connectivity index (χ4n) is 1.48. The van der Waals surface area contributed by atoms with E-state index in [1.54, 1.807) is 12.1 Å². The Labute approximate surface area is 100 Å². The summed E-state index contributed by atoms with van der Waals surface area (Å²) >= 11 is 0. The second kappa shape index (κ2) is 4.98. The summed E-state index contributed by atoms with van der Waals surface area (Å²) in [5, 5.41) is 8.63. The summed E-state index contributed by atoms with van der Waals surface area (Å²) in [7, 11) is 0. The van der Waals surface area contributed by atoms with Gasteiger partial charge in [-0.15, -0.1) is 5.73 Å². The van der Waals surface area contributed by atoms with Gasteiger partial charge in [-0.2, -0.15) is 0 Å². The minimum atomic E-state index is -1.05. The molecule has 0 amide bonds. The quantitative estimate of drug-likeness (QED) is 0.628. The molecule has 0 aliphatic heterocycles. The largest absolute Gasteiger partial charge is 0.478 e. The lowest BCUT2D eigenvalue weighted by Gasteiger charge is -2.21. The lowest BCUT2D eigenvalue weighted by atomic mass is 9.82. The van der Waals surface area contributed by atoms with Gasteiger partial charge in [0, 0.05) is 5.57 Å². The van der Waals surface area contributed by atoms with Gasteiger partial charge in [-0.3, -0.25) is 0 Å². The van der Waals surface area contributed by atoms with Crippen molar-refractivity contribution in [2.24, 2.45) is 5.41 Å². The van der Waals surface area contributed by atoms with Crippen molar-refractivity contribution in [3.8, 4) is 0 Å². The molecule has 0 heterocycles. The summed E-state index contributed by atoms with van der Waals surface area (Å²) in [5.74, 6) is -1.36. The zero-order chi connectivity index (χ0) is 13.1. The van der Waals surface area contributed by atoms with Crippen LogP contribution >= 0.6 is 0 Å². The normalized spacial score (nSPS) is 10.6. The van der Waals surface area contributed by atoms with Crippen molar-refractivity contribution in [3.63, 3.8) is 0 Å². The highest BCUT2D eigenvalue weighted by Crippen LogP contribution is 2.32. The monoisotopic (exact) mass is 234 g/mol. The zero-order valence-electron chi connectivity index (χ0n) is 10.1. The van der Waals surface area contributed by atoms with Crippen molar-refractivity contribution in [1.29, 1.82) is 0 Å². The molecule has 1 N–H and O–H groups in total. The first-order chi connectivity index (χ1) is 7.80. The Morgan fingerprint density at radius 3 is 2.24 bits per heavy atom. The van der Waals surface area contributed by atoms with Crippen molar-refractivity contribution >= 4 is 11.5 Å². The Morgan fingerprint density at radius 1 is 1.29 bits per heavy atom. The van der Waals surface area contributed by atoms with Crippen LogP contribution in [-0.4, -0.2) is 11.1 Å². The van der Waals surface area contributed by atoms with Crippen molar-refractivity contribution in [1.82, 2.24) is 0 Å². The van der Waals surface area contributed by atoms with Gasteiger partial charge in [0.05, 0.1) is 6.08 Å². The fraction of sp³-hybridized carbons (Fsp3) is 0.286. The van der Waals surface area contributed by atoms with Crippen LogP contribution in [0.4, 0.5) is 4.39 Å². The molecule has 90 valence electrons. The van der Waals surface area contributed by atoms with Gasteiger partial charge in [-0.1, -0.05) is 32.9 Å². The van der Waals surface area contributed by atoms with Crippen LogP contribution in [0.1, 0.15) is 26.3 Å². The van der Waals surface area contributed by atoms with E-state index in [4.69, 9.17) is 5.11 Å². The van der Waals surface area contributed by atoms with E-state index >= 15 is 0 Å². The van der Waals surface area contributed by atoms with Crippen LogP contribution in [0.3, 0.4) is 0 Å². The number of carboxylic acid groups (broad SMARTS) is 1. The third kappa shape index (κ3) is 3.89. The number of hydrogen-bond donors (Lipinski definition) is 1. The Bertz CT molecular complexity index is 472. The molecule has 1 aromatic rings. The second-order valence-corrected chi connectivity index (χ2v) is 4.76. The molecule has 0 spiro atoms. The summed E-state index contributed by atoms with van der Waals surface area (Å²) in [4.78, 5) is 10.5. The summed E-state index contributed by atoms with van der Waals surface area (Å²) in [5.41, 5.74) is 4.01. The van der Waals surface area contributed by atoms with Crippen LogP contribution < -0.4 is 0 Å². The predicted molar refractivity (Wildman–Crippen MR) is 65.0 cm³/mol. The molecule has 0 aliphatic carbocycles. The van der Waals surface area contributed by atoms with Crippen LogP contribution in [-0.2, 0) is 4.79 Å². The fourth-order valence-corrected chi connectivity index (χ4v) is 1.48. The van der Waals surface area contributed by atoms with Gasteiger partial charge in [0.1, 0.15) is 5.82 Å². The molecule has 0 aliphatic rings. The number of aliphatic carboxylic acids is 1. The molecule has 0 unspecified atom stereocenters. The van der Waals surface area contributed by atoms with E-state index in [1.807, 2.05) is 20.8 Å². The van der Waals surface area contributed by atoms with Crippen molar-refractivity contribution in [2.45, 2.75) is 20.8 Å². The molecule has 0 aromatic heterocycles. The van der Waals surface area contributed by atoms with Gasteiger partial charge in [-0.05, 0) is 23.1 Å². The summed E-state index contributed by atoms with van der Waals surface area (Å²) in [6, 6.07) is 5.95. The van der Waals surface area contributed by atoms with Crippen molar-refractivity contribution in [2.75, 3.05) is 0 Å². The minimum Gasteiger partial charge on any atom is -0.478 e. The number of carboxylic acids is 1. The van der Waals surface area contributed by atoms with Gasteiger partial charge in [0.25, 0.3) is 0 Å². The predicted octanol–water partition coefficient (Wildman–Crippen LogP) is 3.49. The lowest BCUT2D eigenvalue weighted by molar-refractivity contribution is -0.131. The summed E-state index contributed by atoms with van der Waals surface area (Å²) < 4.78 is 12.8. The van der Waals surface area contributed by atoms with Crippen LogP contribution in [0.2, 0.25) is 0 Å². The van der Waals surface area contributed by atoms with Gasteiger partial charge < -0.3 is 5.11 Å². The maximum absolute atomic E-state index is 12.8. The van der Waals surface area contributed by atoms with Gasteiger partial charge >= 0.3 is 5.97 Å². The smallest absolute Gasteiger partial charge is 0.336 e. The van der Waals surface area contributed by atoms with E-state index in [-0.39, 0.29) is 11.2 Å². The van der Waals surface area contributed by atoms with Gasteiger partial charge in [-0.25, -0.2) is 9.18 Å². The maximum atomic E-state index is 12.8. The molecule has 0 saturated carbocycles. The Hall–Kier alpha value is -1.86. The van der Waals surface area contributed by atoms with Gasteiger partial charge in [0.15, 0.2) is 0 Å². The first-order valence-electron chi connectivity index (χ1n) is 5.27. The van der Waals surface area contributed by atoms with Crippen molar-refractivity contribution < 1.29 is 14.3 Å². The van der Waals surface area contributed by atoms with Crippen LogP contribution in [0, 0.1) is 11.2 Å². The van der Waals surface area contributed by atoms with Crippen LogP contribution in [0.15, 0.2) is 36.1 Å². The number of halogens is 1. The standard InChI is InChI=1S/C14H15FO2/c1-14(2,3)12(8-9-13(16)17)10-4-6-11(15)7-5-10/h4-7,9H,1-3H3,(H,16,17). The van der Waals surface area contributed by atoms with Crippen molar-refractivity contribution in [3.05, 3.63) is 47.5 Å². The molecule has 3 heteroatoms. The van der Waals surface area contributed by atoms with E-state index in [2.05, 4.69) is 5.73 Å². The molecule has 0 atom stereocenters. The highest BCUT2D eigenvalue weighted by molar-refractivity contribution is 5.82. The highest BCUT2D eigenvalue weighted by atomic mass is 19.1. The highest BCUT2D eigenvalue weighted by Gasteiger charge is 2.18. The number of hydrogen-bond acceptors (Lipinski definition) is 1. The van der Waals surface area contributed by atoms with Gasteiger partial charge in [0.2, 0.25) is 0 Å². The maximum Gasteiger partial charge on any atom is 0.336 e. The van der Waals surface area contributed by atoms with E-state index in [0.717, 1.165) is 17.2 Å². The molecular weight excluding hydrogens is 219 g/mol. The molecule has 2 nitrogen and oxygen atoms in total. The minimum absolute atomic E-state index is 0.260. The first kappa shape index (κ1) is 13.2. The molecule has 0 radical (unpaired) electrons. The lowest BCUT2D eigenvalue weighted by Crippen LogP contribution is -2.07. The molecule has 1 aromatic carbocycles. The average Bonchev–Trinajstić information content (AvgIpc) is 2.18. The Balaban J connectivity index is 3.31. The topological polar surface area (TPSA) is 37.3 Å². The molecule has 17 heavy (non-hydrogen) atoms. The van der Waals surface area contributed by atoms with E-state index < -0.39 is 5.97 Å². The van der Waals surface area contributed by atoms with E-state index in [0.29, 0.717) is 0 Å². The number of benzene rings is 1. The number of rotatable bonds is 2. The Kier molecular flexibility index (Phi) is 3.87. The first-order valence-corrected chi connectivity index (χ1v) is 5.27. The summed E-state index contributed by atoms with van der Waals surface area (Å²) in [6.45, 7) is 5.86. The average molecular weight is 234 g/mol. The van der Waals surface area contributed by atoms with E-state index in [9.17, 15) is 9.18 Å². The second-order valence-electron chi connectivity index (χ2n) is 4.76. The third-order valence-corrected chi connectivity index (χ3v) is 2.22. The van der Waals surface area contributed by atoms with E-state index in [1.165, 1.54) is 12.1 Å². The molecular formula is C14H15FO2. The molecule has 1 rings (SSSR count). The zero-order valence-corrected chi connectivity index (χ0v) is 10.1. The summed E-state index contributed by atoms with van der Waals surface area (Å²) in [6.07, 6.45) is 0.976. The molecule has 0 fully saturated rings. The number of carbonyl (C=O) groups is 1. The van der Waals surface area contributed by atoms with Crippen LogP contribution in [0.25, 0.3) is 5.57 Å². The molecule has 0 bridgehead atoms. The van der Waals surface area contributed by atoms with Crippen LogP contribution in [0.5, 0.6) is 0 Å².